The maximum atomic E-state index is 12.6. The van der Waals surface area contributed by atoms with Crippen molar-refractivity contribution in [2.75, 3.05) is 26.6 Å². The van der Waals surface area contributed by atoms with Crippen LogP contribution in [0.5, 0.6) is 17.2 Å². The fraction of sp³-hybridized carbons (Fsp3) is 0.250. The number of ether oxygens (including phenoxy) is 3. The Labute approximate surface area is 167 Å². The van der Waals surface area contributed by atoms with Crippen molar-refractivity contribution in [1.29, 1.82) is 0 Å². The first kappa shape index (κ1) is 20.0. The molecule has 2 amide bonds. The summed E-state index contributed by atoms with van der Waals surface area (Å²) < 4.78 is 15.8. The second-order valence-corrected chi connectivity index (χ2v) is 6.20. The normalized spacial score (nSPS) is 11.6. The maximum absolute atomic E-state index is 12.6. The van der Waals surface area contributed by atoms with Gasteiger partial charge in [-0.2, -0.15) is 0 Å². The summed E-state index contributed by atoms with van der Waals surface area (Å²) in [6, 6.07) is 9.63. The van der Waals surface area contributed by atoms with Gasteiger partial charge in [0.1, 0.15) is 6.04 Å². The van der Waals surface area contributed by atoms with Gasteiger partial charge < -0.3 is 24.5 Å². The van der Waals surface area contributed by atoms with Crippen molar-refractivity contribution in [2.24, 2.45) is 0 Å². The van der Waals surface area contributed by atoms with Gasteiger partial charge in [-0.3, -0.25) is 14.9 Å². The minimum Gasteiger partial charge on any atom is -0.493 e. The van der Waals surface area contributed by atoms with E-state index < -0.39 is 17.9 Å². The van der Waals surface area contributed by atoms with Crippen LogP contribution in [0.4, 0.5) is 5.95 Å². The van der Waals surface area contributed by atoms with Gasteiger partial charge in [-0.05, 0) is 31.2 Å². The first-order valence-corrected chi connectivity index (χ1v) is 8.83. The second-order valence-electron chi connectivity index (χ2n) is 6.20. The first-order valence-electron chi connectivity index (χ1n) is 8.83. The molecule has 1 unspecified atom stereocenters. The fourth-order valence-electron chi connectivity index (χ4n) is 2.79. The molecule has 0 fully saturated rings. The van der Waals surface area contributed by atoms with E-state index in [2.05, 4.69) is 20.6 Å². The van der Waals surface area contributed by atoms with Gasteiger partial charge in [-0.25, -0.2) is 4.98 Å². The number of hydrogen-bond acceptors (Lipinski definition) is 6. The number of rotatable bonds is 7. The van der Waals surface area contributed by atoms with Crippen molar-refractivity contribution in [3.63, 3.8) is 0 Å². The number of fused-ring (bicyclic) bond motifs is 1. The quantitative estimate of drug-likeness (QED) is 0.563. The minimum absolute atomic E-state index is 0.267. The van der Waals surface area contributed by atoms with Gasteiger partial charge in [0.15, 0.2) is 11.5 Å². The van der Waals surface area contributed by atoms with Gasteiger partial charge in [0, 0.05) is 5.56 Å². The molecular weight excluding hydrogens is 376 g/mol. The number of nitrogens with one attached hydrogen (secondary N) is 3. The third kappa shape index (κ3) is 4.23. The van der Waals surface area contributed by atoms with Crippen molar-refractivity contribution in [3.05, 3.63) is 42.0 Å². The van der Waals surface area contributed by atoms with Crippen molar-refractivity contribution in [3.8, 4) is 17.2 Å². The zero-order valence-corrected chi connectivity index (χ0v) is 16.5. The van der Waals surface area contributed by atoms with E-state index in [0.29, 0.717) is 23.2 Å². The number of para-hydroxylation sites is 2. The number of amides is 2. The Hall–Kier alpha value is -3.75. The number of benzene rings is 2. The minimum atomic E-state index is -0.810. The third-order valence-corrected chi connectivity index (χ3v) is 4.30. The van der Waals surface area contributed by atoms with Gasteiger partial charge in [0.05, 0.1) is 32.4 Å². The largest absolute Gasteiger partial charge is 0.493 e. The Balaban J connectivity index is 1.71. The summed E-state index contributed by atoms with van der Waals surface area (Å²) in [6.07, 6.45) is 0. The van der Waals surface area contributed by atoms with Crippen LogP contribution in [0.3, 0.4) is 0 Å². The topological polar surface area (TPSA) is 115 Å². The molecule has 2 aromatic carbocycles. The Kier molecular flexibility index (Phi) is 5.87. The van der Waals surface area contributed by atoms with Crippen molar-refractivity contribution in [2.45, 2.75) is 13.0 Å². The molecule has 1 atom stereocenters. The van der Waals surface area contributed by atoms with E-state index in [9.17, 15) is 9.59 Å². The van der Waals surface area contributed by atoms with E-state index in [-0.39, 0.29) is 5.56 Å². The number of methoxy groups -OCH3 is 3. The first-order chi connectivity index (χ1) is 14.0. The molecule has 0 saturated carbocycles. The molecule has 0 aliphatic carbocycles. The summed E-state index contributed by atoms with van der Waals surface area (Å²) >= 11 is 0. The van der Waals surface area contributed by atoms with Crippen LogP contribution in [0, 0.1) is 0 Å². The summed E-state index contributed by atoms with van der Waals surface area (Å²) in [7, 11) is 4.40. The highest BCUT2D eigenvalue weighted by Gasteiger charge is 2.21. The van der Waals surface area contributed by atoms with E-state index in [1.165, 1.54) is 33.5 Å². The summed E-state index contributed by atoms with van der Waals surface area (Å²) in [5, 5.41) is 5.31. The fourth-order valence-corrected chi connectivity index (χ4v) is 2.79. The number of H-pyrrole nitrogens is 1. The summed E-state index contributed by atoms with van der Waals surface area (Å²) in [6.45, 7) is 1.58. The molecule has 0 bridgehead atoms. The number of hydrogen-bond donors (Lipinski definition) is 3. The van der Waals surface area contributed by atoms with Crippen LogP contribution in [-0.2, 0) is 4.79 Å². The van der Waals surface area contributed by atoms with Crippen molar-refractivity contribution >= 4 is 28.8 Å². The van der Waals surface area contributed by atoms with E-state index in [4.69, 9.17) is 14.2 Å². The van der Waals surface area contributed by atoms with Gasteiger partial charge in [-0.1, -0.05) is 12.1 Å². The third-order valence-electron chi connectivity index (χ3n) is 4.30. The number of nitrogens with zero attached hydrogens (tertiary/aromatic N) is 1. The molecule has 9 nitrogen and oxygen atoms in total. The molecule has 0 saturated heterocycles. The van der Waals surface area contributed by atoms with Gasteiger partial charge in [0.25, 0.3) is 5.91 Å². The molecule has 0 aliphatic rings. The highest BCUT2D eigenvalue weighted by atomic mass is 16.5. The Morgan fingerprint density at radius 3 is 2.28 bits per heavy atom. The van der Waals surface area contributed by atoms with Crippen LogP contribution in [0.15, 0.2) is 36.4 Å². The molecule has 29 heavy (non-hydrogen) atoms. The number of carbonyl (C=O) groups excluding carboxylic acids is 2. The molecule has 3 N–H and O–H groups in total. The number of aromatic nitrogens is 2. The highest BCUT2D eigenvalue weighted by Crippen LogP contribution is 2.38. The van der Waals surface area contributed by atoms with E-state index >= 15 is 0 Å². The van der Waals surface area contributed by atoms with Crippen LogP contribution in [-0.4, -0.2) is 49.2 Å². The number of carbonyl (C=O) groups is 2. The standard InChI is InChI=1S/C20H22N4O5/c1-11(18(25)24-20-22-13-7-5-6-8-14(13)23-20)21-19(26)12-9-15(27-2)17(29-4)16(10-12)28-3/h5-11H,1-4H3,(H,21,26)(H2,22,23,24,25). The molecule has 0 radical (unpaired) electrons. The smallest absolute Gasteiger partial charge is 0.252 e. The summed E-state index contributed by atoms with van der Waals surface area (Å²) in [4.78, 5) is 32.4. The Morgan fingerprint density at radius 1 is 1.03 bits per heavy atom. The van der Waals surface area contributed by atoms with Gasteiger partial charge in [-0.15, -0.1) is 0 Å². The number of anilines is 1. The van der Waals surface area contributed by atoms with Gasteiger partial charge in [0.2, 0.25) is 17.6 Å². The molecule has 0 aliphatic heterocycles. The monoisotopic (exact) mass is 398 g/mol. The van der Waals surface area contributed by atoms with E-state index in [0.717, 1.165) is 11.0 Å². The Bertz CT molecular complexity index is 988. The molecule has 3 aromatic rings. The van der Waals surface area contributed by atoms with E-state index in [1.54, 1.807) is 6.92 Å². The predicted molar refractivity (Wildman–Crippen MR) is 108 cm³/mol. The van der Waals surface area contributed by atoms with Crippen molar-refractivity contribution in [1.82, 2.24) is 15.3 Å². The predicted octanol–water partition coefficient (Wildman–Crippen LogP) is 2.35. The molecule has 1 aromatic heterocycles. The van der Waals surface area contributed by atoms with Crippen LogP contribution in [0.25, 0.3) is 11.0 Å². The van der Waals surface area contributed by atoms with Crippen LogP contribution in [0.1, 0.15) is 17.3 Å². The molecule has 9 heteroatoms. The van der Waals surface area contributed by atoms with Crippen LogP contribution in [0.2, 0.25) is 0 Å². The summed E-state index contributed by atoms with van der Waals surface area (Å²) in [5.74, 6) is 0.501. The number of aromatic amines is 1. The lowest BCUT2D eigenvalue weighted by Gasteiger charge is -2.16. The average Bonchev–Trinajstić information content (AvgIpc) is 3.14. The zero-order valence-electron chi connectivity index (χ0n) is 16.5. The summed E-state index contributed by atoms with van der Waals surface area (Å²) in [5.41, 5.74) is 1.80. The Morgan fingerprint density at radius 2 is 1.69 bits per heavy atom. The van der Waals surface area contributed by atoms with E-state index in [1.807, 2.05) is 24.3 Å². The lowest BCUT2D eigenvalue weighted by molar-refractivity contribution is -0.117. The lowest BCUT2D eigenvalue weighted by Crippen LogP contribution is -2.41. The van der Waals surface area contributed by atoms with Crippen LogP contribution < -0.4 is 24.8 Å². The second kappa shape index (κ2) is 8.51. The molecule has 1 heterocycles. The lowest BCUT2D eigenvalue weighted by atomic mass is 10.1. The van der Waals surface area contributed by atoms with Crippen LogP contribution >= 0.6 is 0 Å². The SMILES string of the molecule is COc1cc(C(=O)NC(C)C(=O)Nc2nc3ccccc3[nH]2)cc(OC)c1OC. The average molecular weight is 398 g/mol. The molecule has 0 spiro atoms. The molecule has 3 rings (SSSR count). The van der Waals surface area contributed by atoms with Gasteiger partial charge >= 0.3 is 0 Å². The maximum Gasteiger partial charge on any atom is 0.252 e. The molecular formula is C20H22N4O5. The van der Waals surface area contributed by atoms with Crippen molar-refractivity contribution < 1.29 is 23.8 Å². The highest BCUT2D eigenvalue weighted by molar-refractivity contribution is 6.01. The number of imidazole rings is 1. The molecule has 152 valence electrons. The zero-order chi connectivity index (χ0) is 21.0.